The number of halogens is 1. The third kappa shape index (κ3) is 3.41. The first-order valence-electron chi connectivity index (χ1n) is 5.91. The standard InChI is InChI=1S/C15H16BrNO2/c1-10-3-6-14(15(7-10)18-2)19-9-11-4-5-12(16)13(17)8-11/h3-8H,9,17H2,1-2H3. The molecule has 0 heterocycles. The SMILES string of the molecule is COc1cc(C)ccc1OCc1ccc(Br)c(N)c1. The van der Waals surface area contributed by atoms with Crippen LogP contribution in [0.3, 0.4) is 0 Å². The molecular formula is C15H16BrNO2. The highest BCUT2D eigenvalue weighted by Gasteiger charge is 2.05. The number of benzene rings is 2. The second-order valence-corrected chi connectivity index (χ2v) is 5.15. The van der Waals surface area contributed by atoms with Gasteiger partial charge in [0, 0.05) is 10.2 Å². The Hall–Kier alpha value is -1.68. The molecule has 0 saturated carbocycles. The van der Waals surface area contributed by atoms with E-state index in [4.69, 9.17) is 15.2 Å². The van der Waals surface area contributed by atoms with Gasteiger partial charge in [0.2, 0.25) is 0 Å². The maximum Gasteiger partial charge on any atom is 0.161 e. The lowest BCUT2D eigenvalue weighted by Crippen LogP contribution is -1.99. The molecule has 2 N–H and O–H groups in total. The molecule has 0 bridgehead atoms. The fourth-order valence-corrected chi connectivity index (χ4v) is 1.98. The first-order chi connectivity index (χ1) is 9.10. The summed E-state index contributed by atoms with van der Waals surface area (Å²) in [4.78, 5) is 0. The summed E-state index contributed by atoms with van der Waals surface area (Å²) in [5, 5.41) is 0. The van der Waals surface area contributed by atoms with Crippen molar-refractivity contribution in [2.45, 2.75) is 13.5 Å². The van der Waals surface area contributed by atoms with Gasteiger partial charge >= 0.3 is 0 Å². The van der Waals surface area contributed by atoms with Crippen LogP contribution in [0.15, 0.2) is 40.9 Å². The van der Waals surface area contributed by atoms with E-state index in [-0.39, 0.29) is 0 Å². The van der Waals surface area contributed by atoms with Crippen molar-refractivity contribution in [2.75, 3.05) is 12.8 Å². The maximum atomic E-state index is 5.84. The Morgan fingerprint density at radius 2 is 1.89 bits per heavy atom. The Labute approximate surface area is 121 Å². The molecule has 0 aliphatic carbocycles. The summed E-state index contributed by atoms with van der Waals surface area (Å²) in [5.74, 6) is 1.47. The lowest BCUT2D eigenvalue weighted by molar-refractivity contribution is 0.284. The second-order valence-electron chi connectivity index (χ2n) is 4.30. The van der Waals surface area contributed by atoms with Crippen molar-refractivity contribution < 1.29 is 9.47 Å². The highest BCUT2D eigenvalue weighted by molar-refractivity contribution is 9.10. The smallest absolute Gasteiger partial charge is 0.161 e. The predicted octanol–water partition coefficient (Wildman–Crippen LogP) is 3.93. The minimum atomic E-state index is 0.455. The molecule has 0 aliphatic heterocycles. The Kier molecular flexibility index (Phi) is 4.32. The first kappa shape index (κ1) is 13.7. The number of hydrogen-bond acceptors (Lipinski definition) is 3. The molecule has 3 nitrogen and oxygen atoms in total. The van der Waals surface area contributed by atoms with Crippen LogP contribution in [0.2, 0.25) is 0 Å². The maximum absolute atomic E-state index is 5.84. The van der Waals surface area contributed by atoms with Crippen LogP contribution in [-0.4, -0.2) is 7.11 Å². The van der Waals surface area contributed by atoms with Crippen LogP contribution in [0.4, 0.5) is 5.69 Å². The van der Waals surface area contributed by atoms with Gasteiger partial charge in [-0.3, -0.25) is 0 Å². The number of ether oxygens (including phenoxy) is 2. The van der Waals surface area contributed by atoms with E-state index < -0.39 is 0 Å². The van der Waals surface area contributed by atoms with E-state index in [0.717, 1.165) is 27.1 Å². The summed E-state index contributed by atoms with van der Waals surface area (Å²) < 4.78 is 12.0. The fourth-order valence-electron chi connectivity index (χ4n) is 1.74. The Morgan fingerprint density at radius 1 is 1.11 bits per heavy atom. The van der Waals surface area contributed by atoms with E-state index in [1.54, 1.807) is 7.11 Å². The first-order valence-corrected chi connectivity index (χ1v) is 6.71. The molecule has 2 aromatic rings. The van der Waals surface area contributed by atoms with Gasteiger partial charge in [0.1, 0.15) is 6.61 Å². The molecule has 0 saturated heterocycles. The minimum absolute atomic E-state index is 0.455. The molecular weight excluding hydrogens is 306 g/mol. The summed E-state index contributed by atoms with van der Waals surface area (Å²) in [5.41, 5.74) is 8.70. The number of rotatable bonds is 4. The Morgan fingerprint density at radius 3 is 2.58 bits per heavy atom. The minimum Gasteiger partial charge on any atom is -0.493 e. The largest absolute Gasteiger partial charge is 0.493 e. The summed E-state index contributed by atoms with van der Waals surface area (Å²) in [7, 11) is 1.64. The molecule has 2 rings (SSSR count). The molecule has 19 heavy (non-hydrogen) atoms. The predicted molar refractivity (Wildman–Crippen MR) is 80.6 cm³/mol. The molecule has 0 aliphatic rings. The lowest BCUT2D eigenvalue weighted by Gasteiger charge is -2.11. The summed E-state index contributed by atoms with van der Waals surface area (Å²) in [6.07, 6.45) is 0. The van der Waals surface area contributed by atoms with Gasteiger partial charge in [-0.25, -0.2) is 0 Å². The topological polar surface area (TPSA) is 44.5 Å². The second kappa shape index (κ2) is 5.97. The van der Waals surface area contributed by atoms with Crippen molar-refractivity contribution >= 4 is 21.6 Å². The highest BCUT2D eigenvalue weighted by atomic mass is 79.9. The van der Waals surface area contributed by atoms with Crippen LogP contribution in [0.1, 0.15) is 11.1 Å². The molecule has 0 fully saturated rings. The average Bonchev–Trinajstić information content (AvgIpc) is 2.41. The molecule has 4 heteroatoms. The van der Waals surface area contributed by atoms with Crippen LogP contribution >= 0.6 is 15.9 Å². The van der Waals surface area contributed by atoms with E-state index in [9.17, 15) is 0 Å². The van der Waals surface area contributed by atoms with Crippen molar-refractivity contribution in [3.05, 3.63) is 52.0 Å². The number of anilines is 1. The monoisotopic (exact) mass is 321 g/mol. The quantitative estimate of drug-likeness (QED) is 0.868. The Bertz CT molecular complexity index is 584. The van der Waals surface area contributed by atoms with Crippen LogP contribution in [-0.2, 0) is 6.61 Å². The van der Waals surface area contributed by atoms with E-state index in [2.05, 4.69) is 15.9 Å². The van der Waals surface area contributed by atoms with Gasteiger partial charge in [-0.1, -0.05) is 12.1 Å². The number of aryl methyl sites for hydroxylation is 1. The van der Waals surface area contributed by atoms with Gasteiger partial charge in [0.25, 0.3) is 0 Å². The van der Waals surface area contributed by atoms with Crippen molar-refractivity contribution in [2.24, 2.45) is 0 Å². The lowest BCUT2D eigenvalue weighted by atomic mass is 10.2. The molecule has 0 unspecified atom stereocenters. The zero-order chi connectivity index (χ0) is 13.8. The third-order valence-corrected chi connectivity index (χ3v) is 3.50. The molecule has 0 spiro atoms. The molecule has 100 valence electrons. The summed E-state index contributed by atoms with van der Waals surface area (Å²) >= 11 is 3.37. The van der Waals surface area contributed by atoms with Gasteiger partial charge in [-0.2, -0.15) is 0 Å². The van der Waals surface area contributed by atoms with E-state index in [0.29, 0.717) is 12.3 Å². The van der Waals surface area contributed by atoms with Crippen LogP contribution in [0.5, 0.6) is 11.5 Å². The van der Waals surface area contributed by atoms with Crippen LogP contribution in [0, 0.1) is 6.92 Å². The Balaban J connectivity index is 2.12. The van der Waals surface area contributed by atoms with Gasteiger partial charge in [-0.15, -0.1) is 0 Å². The third-order valence-electron chi connectivity index (χ3n) is 2.77. The van der Waals surface area contributed by atoms with Crippen molar-refractivity contribution in [1.29, 1.82) is 0 Å². The van der Waals surface area contributed by atoms with Crippen molar-refractivity contribution in [1.82, 2.24) is 0 Å². The zero-order valence-electron chi connectivity index (χ0n) is 10.9. The number of hydrogen-bond donors (Lipinski definition) is 1. The summed E-state index contributed by atoms with van der Waals surface area (Å²) in [6, 6.07) is 11.6. The van der Waals surface area contributed by atoms with Gasteiger partial charge in [0.15, 0.2) is 11.5 Å². The molecule has 0 amide bonds. The molecule has 2 aromatic carbocycles. The number of nitrogens with two attached hydrogens (primary N) is 1. The van der Waals surface area contributed by atoms with Gasteiger partial charge < -0.3 is 15.2 Å². The van der Waals surface area contributed by atoms with Gasteiger partial charge in [0.05, 0.1) is 7.11 Å². The molecule has 0 atom stereocenters. The van der Waals surface area contributed by atoms with Crippen LogP contribution < -0.4 is 15.2 Å². The van der Waals surface area contributed by atoms with E-state index in [1.807, 2.05) is 43.3 Å². The number of methoxy groups -OCH3 is 1. The van der Waals surface area contributed by atoms with Crippen molar-refractivity contribution in [3.8, 4) is 11.5 Å². The van der Waals surface area contributed by atoms with Crippen molar-refractivity contribution in [3.63, 3.8) is 0 Å². The molecule has 0 aromatic heterocycles. The van der Waals surface area contributed by atoms with Gasteiger partial charge in [-0.05, 0) is 58.2 Å². The summed E-state index contributed by atoms with van der Waals surface area (Å²) in [6.45, 7) is 2.47. The number of nitrogen functional groups attached to an aromatic ring is 1. The van der Waals surface area contributed by atoms with Crippen LogP contribution in [0.25, 0.3) is 0 Å². The zero-order valence-corrected chi connectivity index (χ0v) is 12.5. The molecule has 0 radical (unpaired) electrons. The van der Waals surface area contributed by atoms with E-state index in [1.165, 1.54) is 0 Å². The fraction of sp³-hybridized carbons (Fsp3) is 0.200. The normalized spacial score (nSPS) is 10.3. The average molecular weight is 322 g/mol. The highest BCUT2D eigenvalue weighted by Crippen LogP contribution is 2.29. The van der Waals surface area contributed by atoms with E-state index >= 15 is 0 Å².